The number of rotatable bonds is 4. The number of carbonyl (C=O) groups excluding carboxylic acids is 2. The van der Waals surface area contributed by atoms with E-state index in [0.717, 1.165) is 31.6 Å². The molecule has 3 rings (SSSR count). The van der Waals surface area contributed by atoms with Crippen LogP contribution in [0.5, 0.6) is 0 Å². The minimum atomic E-state index is 0.0706. The maximum atomic E-state index is 12.7. The van der Waals surface area contributed by atoms with Crippen LogP contribution in [-0.2, 0) is 4.79 Å². The Morgan fingerprint density at radius 3 is 2.42 bits per heavy atom. The first-order valence-corrected chi connectivity index (χ1v) is 9.41. The fourth-order valence-corrected chi connectivity index (χ4v) is 3.88. The number of nitrogens with zero attached hydrogens (tertiary/aromatic N) is 1. The average Bonchev–Trinajstić information content (AvgIpc) is 2.94. The molecule has 1 aromatic rings. The Morgan fingerprint density at radius 1 is 1.00 bits per heavy atom. The lowest BCUT2D eigenvalue weighted by Crippen LogP contribution is -2.31. The molecule has 0 radical (unpaired) electrons. The summed E-state index contributed by atoms with van der Waals surface area (Å²) >= 11 is 0. The molecule has 1 aromatic carbocycles. The highest BCUT2D eigenvalue weighted by Gasteiger charge is 2.20. The molecule has 1 saturated heterocycles. The third-order valence-corrected chi connectivity index (χ3v) is 5.24. The van der Waals surface area contributed by atoms with Crippen molar-refractivity contribution in [2.75, 3.05) is 18.4 Å². The average molecular weight is 328 g/mol. The lowest BCUT2D eigenvalue weighted by atomic mass is 10.0. The molecule has 1 heterocycles. The molecule has 1 aliphatic carbocycles. The monoisotopic (exact) mass is 328 g/mol. The van der Waals surface area contributed by atoms with Crippen LogP contribution in [0, 0.1) is 5.92 Å². The molecule has 2 aliphatic rings. The quantitative estimate of drug-likeness (QED) is 0.899. The van der Waals surface area contributed by atoms with Crippen molar-refractivity contribution in [1.82, 2.24) is 4.90 Å². The zero-order chi connectivity index (χ0) is 16.8. The van der Waals surface area contributed by atoms with E-state index in [1.165, 1.54) is 38.5 Å². The Morgan fingerprint density at radius 2 is 1.71 bits per heavy atom. The Labute approximate surface area is 144 Å². The van der Waals surface area contributed by atoms with E-state index in [-0.39, 0.29) is 11.8 Å². The lowest BCUT2D eigenvalue weighted by molar-refractivity contribution is -0.117. The smallest absolute Gasteiger partial charge is 0.253 e. The van der Waals surface area contributed by atoms with Crippen molar-refractivity contribution in [2.24, 2.45) is 5.92 Å². The van der Waals surface area contributed by atoms with Crippen molar-refractivity contribution in [3.05, 3.63) is 29.8 Å². The molecular weight excluding hydrogens is 300 g/mol. The lowest BCUT2D eigenvalue weighted by Gasteiger charge is -2.20. The topological polar surface area (TPSA) is 49.4 Å². The van der Waals surface area contributed by atoms with Crippen molar-refractivity contribution in [2.45, 2.75) is 57.8 Å². The van der Waals surface area contributed by atoms with E-state index in [9.17, 15) is 9.59 Å². The number of benzene rings is 1. The Hall–Kier alpha value is -1.84. The van der Waals surface area contributed by atoms with E-state index >= 15 is 0 Å². The van der Waals surface area contributed by atoms with E-state index in [1.807, 2.05) is 29.2 Å². The molecule has 2 fully saturated rings. The molecule has 4 heteroatoms. The van der Waals surface area contributed by atoms with Crippen LogP contribution in [0.3, 0.4) is 0 Å². The summed E-state index contributed by atoms with van der Waals surface area (Å²) in [6.45, 7) is 1.69. The number of carbonyl (C=O) groups is 2. The molecule has 0 aromatic heterocycles. The zero-order valence-electron chi connectivity index (χ0n) is 14.4. The molecule has 0 spiro atoms. The van der Waals surface area contributed by atoms with Gasteiger partial charge < -0.3 is 10.2 Å². The molecular formula is C20H28N2O2. The standard InChI is InChI=1S/C20H28N2O2/c23-19(14-16-8-3-4-9-16)21-18-11-7-10-17(15-18)20(24)22-12-5-1-2-6-13-22/h7,10-11,15-16H,1-6,8-9,12-14H2,(H,21,23). The van der Waals surface area contributed by atoms with Gasteiger partial charge in [-0.2, -0.15) is 0 Å². The van der Waals surface area contributed by atoms with Gasteiger partial charge in [0.25, 0.3) is 5.91 Å². The van der Waals surface area contributed by atoms with Crippen LogP contribution in [-0.4, -0.2) is 29.8 Å². The minimum Gasteiger partial charge on any atom is -0.339 e. The SMILES string of the molecule is O=C(CC1CCCC1)Nc1cccc(C(=O)N2CCCCCC2)c1. The largest absolute Gasteiger partial charge is 0.339 e. The normalized spacial score (nSPS) is 19.1. The van der Waals surface area contributed by atoms with E-state index < -0.39 is 0 Å². The number of hydrogen-bond donors (Lipinski definition) is 1. The van der Waals surface area contributed by atoms with Crippen LogP contribution < -0.4 is 5.32 Å². The van der Waals surface area contributed by atoms with Crippen molar-refractivity contribution >= 4 is 17.5 Å². The summed E-state index contributed by atoms with van der Waals surface area (Å²) in [4.78, 5) is 26.8. The Kier molecular flexibility index (Phi) is 5.89. The van der Waals surface area contributed by atoms with Crippen LogP contribution in [0.4, 0.5) is 5.69 Å². The summed E-state index contributed by atoms with van der Waals surface area (Å²) < 4.78 is 0. The third kappa shape index (κ3) is 4.59. The van der Waals surface area contributed by atoms with E-state index in [1.54, 1.807) is 0 Å². The number of amides is 2. The summed E-state index contributed by atoms with van der Waals surface area (Å²) in [5, 5.41) is 2.97. The number of hydrogen-bond acceptors (Lipinski definition) is 2. The highest BCUT2D eigenvalue weighted by atomic mass is 16.2. The van der Waals surface area contributed by atoms with Crippen LogP contribution in [0.25, 0.3) is 0 Å². The second-order valence-electron chi connectivity index (χ2n) is 7.19. The van der Waals surface area contributed by atoms with Gasteiger partial charge >= 0.3 is 0 Å². The van der Waals surface area contributed by atoms with Crippen molar-refractivity contribution in [1.29, 1.82) is 0 Å². The van der Waals surface area contributed by atoms with Gasteiger partial charge in [0, 0.05) is 30.8 Å². The van der Waals surface area contributed by atoms with E-state index in [4.69, 9.17) is 0 Å². The maximum absolute atomic E-state index is 12.7. The molecule has 0 atom stereocenters. The molecule has 4 nitrogen and oxygen atoms in total. The van der Waals surface area contributed by atoms with Gasteiger partial charge in [-0.05, 0) is 49.8 Å². The number of nitrogens with one attached hydrogen (secondary N) is 1. The highest BCUT2D eigenvalue weighted by molar-refractivity contribution is 5.97. The van der Waals surface area contributed by atoms with Gasteiger partial charge in [0.1, 0.15) is 0 Å². The second-order valence-corrected chi connectivity index (χ2v) is 7.19. The molecule has 1 aliphatic heterocycles. The van der Waals surface area contributed by atoms with Crippen LogP contribution in [0.15, 0.2) is 24.3 Å². The maximum Gasteiger partial charge on any atom is 0.253 e. The fraction of sp³-hybridized carbons (Fsp3) is 0.600. The predicted octanol–water partition coefficient (Wildman–Crippen LogP) is 4.22. The summed E-state index contributed by atoms with van der Waals surface area (Å²) in [6, 6.07) is 7.39. The first-order valence-electron chi connectivity index (χ1n) is 9.41. The van der Waals surface area contributed by atoms with Gasteiger partial charge in [0.2, 0.25) is 5.91 Å². The molecule has 0 bridgehead atoms. The Bertz CT molecular complexity index is 571. The van der Waals surface area contributed by atoms with E-state index in [0.29, 0.717) is 17.9 Å². The van der Waals surface area contributed by atoms with Gasteiger partial charge in [-0.25, -0.2) is 0 Å². The number of anilines is 1. The Balaban J connectivity index is 1.60. The van der Waals surface area contributed by atoms with Crippen LogP contribution in [0.1, 0.15) is 68.1 Å². The first-order chi connectivity index (χ1) is 11.7. The van der Waals surface area contributed by atoms with Crippen molar-refractivity contribution in [3.63, 3.8) is 0 Å². The molecule has 1 saturated carbocycles. The summed E-state index contributed by atoms with van der Waals surface area (Å²) in [6.07, 6.45) is 10.0. The fourth-order valence-electron chi connectivity index (χ4n) is 3.88. The summed E-state index contributed by atoms with van der Waals surface area (Å²) in [5.74, 6) is 0.692. The summed E-state index contributed by atoms with van der Waals surface area (Å²) in [5.41, 5.74) is 1.41. The van der Waals surface area contributed by atoms with Crippen LogP contribution in [0.2, 0.25) is 0 Å². The highest BCUT2D eigenvalue weighted by Crippen LogP contribution is 2.28. The predicted molar refractivity (Wildman–Crippen MR) is 96.0 cm³/mol. The molecule has 1 N–H and O–H groups in total. The van der Waals surface area contributed by atoms with Gasteiger partial charge in [0.15, 0.2) is 0 Å². The van der Waals surface area contributed by atoms with Gasteiger partial charge in [-0.3, -0.25) is 9.59 Å². The van der Waals surface area contributed by atoms with Gasteiger partial charge in [-0.15, -0.1) is 0 Å². The first kappa shape index (κ1) is 17.0. The van der Waals surface area contributed by atoms with Crippen molar-refractivity contribution in [3.8, 4) is 0 Å². The second kappa shape index (κ2) is 8.32. The molecule has 0 unspecified atom stereocenters. The molecule has 2 amide bonds. The van der Waals surface area contributed by atoms with Crippen molar-refractivity contribution < 1.29 is 9.59 Å². The molecule has 130 valence electrons. The zero-order valence-corrected chi connectivity index (χ0v) is 14.4. The van der Waals surface area contributed by atoms with E-state index in [2.05, 4.69) is 5.32 Å². The van der Waals surface area contributed by atoms with Crippen LogP contribution >= 0.6 is 0 Å². The minimum absolute atomic E-state index is 0.0706. The summed E-state index contributed by atoms with van der Waals surface area (Å²) in [7, 11) is 0. The number of likely N-dealkylation sites (tertiary alicyclic amines) is 1. The van der Waals surface area contributed by atoms with Gasteiger partial charge in [0.05, 0.1) is 0 Å². The third-order valence-electron chi connectivity index (χ3n) is 5.24. The van der Waals surface area contributed by atoms with Gasteiger partial charge in [-0.1, -0.05) is 31.7 Å². The molecule has 24 heavy (non-hydrogen) atoms.